The Labute approximate surface area is 178 Å². The van der Waals surface area contributed by atoms with Crippen LogP contribution in [0.3, 0.4) is 0 Å². The minimum absolute atomic E-state index is 0.116. The molecule has 3 aromatic rings. The zero-order valence-corrected chi connectivity index (χ0v) is 17.3. The van der Waals surface area contributed by atoms with Gasteiger partial charge in [-0.05, 0) is 42.7 Å². The molecule has 0 aliphatic carbocycles. The Hall–Kier alpha value is -2.41. The number of carbonyl (C=O) groups excluding carboxylic acids is 1. The third kappa shape index (κ3) is 5.35. The van der Waals surface area contributed by atoms with Gasteiger partial charge in [-0.3, -0.25) is 4.79 Å². The Morgan fingerprint density at radius 2 is 2.17 bits per heavy atom. The molecule has 4 rings (SSSR count). The van der Waals surface area contributed by atoms with E-state index in [0.29, 0.717) is 23.9 Å². The summed E-state index contributed by atoms with van der Waals surface area (Å²) in [6.07, 6.45) is 2.16. The lowest BCUT2D eigenvalue weighted by molar-refractivity contribution is 0.0854. The molecule has 0 saturated carbocycles. The summed E-state index contributed by atoms with van der Waals surface area (Å²) in [5, 5.41) is 6.15. The summed E-state index contributed by atoms with van der Waals surface area (Å²) < 4.78 is 11.4. The molecule has 1 aliphatic rings. The van der Waals surface area contributed by atoms with Gasteiger partial charge < -0.3 is 14.8 Å². The molecule has 1 N–H and O–H groups in total. The van der Waals surface area contributed by atoms with Crippen molar-refractivity contribution in [2.75, 3.05) is 13.2 Å². The van der Waals surface area contributed by atoms with Gasteiger partial charge in [0.2, 0.25) is 0 Å². The maximum absolute atomic E-state index is 12.3. The smallest absolute Gasteiger partial charge is 0.270 e. The van der Waals surface area contributed by atoms with Gasteiger partial charge in [-0.1, -0.05) is 35.9 Å². The van der Waals surface area contributed by atoms with Gasteiger partial charge in [-0.2, -0.15) is 0 Å². The van der Waals surface area contributed by atoms with E-state index >= 15 is 0 Å². The van der Waals surface area contributed by atoms with Crippen LogP contribution >= 0.6 is 22.9 Å². The number of carbonyl (C=O) groups is 1. The van der Waals surface area contributed by atoms with Crippen LogP contribution in [0.5, 0.6) is 5.75 Å². The van der Waals surface area contributed by atoms with Gasteiger partial charge in [0.15, 0.2) is 0 Å². The quantitative estimate of drug-likeness (QED) is 0.578. The molecule has 1 saturated heterocycles. The molecule has 1 atom stereocenters. The van der Waals surface area contributed by atoms with Crippen LogP contribution in [-0.2, 0) is 11.3 Å². The largest absolute Gasteiger partial charge is 0.489 e. The monoisotopic (exact) mass is 428 g/mol. The summed E-state index contributed by atoms with van der Waals surface area (Å²) in [5.74, 6) is 0.568. The highest BCUT2D eigenvalue weighted by molar-refractivity contribution is 7.13. The first-order chi connectivity index (χ1) is 14.2. The highest BCUT2D eigenvalue weighted by atomic mass is 35.5. The molecule has 150 valence electrons. The van der Waals surface area contributed by atoms with Gasteiger partial charge in [0, 0.05) is 29.1 Å². The number of hydrogen-bond donors (Lipinski definition) is 1. The molecular weight excluding hydrogens is 408 g/mol. The molecule has 0 bridgehead atoms. The van der Waals surface area contributed by atoms with Gasteiger partial charge in [0.25, 0.3) is 5.91 Å². The average molecular weight is 429 g/mol. The Kier molecular flexibility index (Phi) is 6.44. The van der Waals surface area contributed by atoms with Crippen molar-refractivity contribution in [3.63, 3.8) is 0 Å². The van der Waals surface area contributed by atoms with Crippen LogP contribution < -0.4 is 10.1 Å². The van der Waals surface area contributed by atoms with Crippen molar-refractivity contribution in [1.82, 2.24) is 10.3 Å². The molecule has 0 unspecified atom stereocenters. The first kappa shape index (κ1) is 19.9. The number of halogens is 1. The summed E-state index contributed by atoms with van der Waals surface area (Å²) in [7, 11) is 0. The van der Waals surface area contributed by atoms with Crippen molar-refractivity contribution in [3.8, 4) is 16.3 Å². The Morgan fingerprint density at radius 3 is 3.00 bits per heavy atom. The highest BCUT2D eigenvalue weighted by Crippen LogP contribution is 2.27. The van der Waals surface area contributed by atoms with Gasteiger partial charge in [0.1, 0.15) is 23.1 Å². The van der Waals surface area contributed by atoms with E-state index in [2.05, 4.69) is 10.3 Å². The lowest BCUT2D eigenvalue weighted by Crippen LogP contribution is -2.31. The van der Waals surface area contributed by atoms with Crippen molar-refractivity contribution in [1.29, 1.82) is 0 Å². The molecule has 29 heavy (non-hydrogen) atoms. The van der Waals surface area contributed by atoms with E-state index in [4.69, 9.17) is 21.1 Å². The van der Waals surface area contributed by atoms with Crippen LogP contribution in [0.15, 0.2) is 53.9 Å². The van der Waals surface area contributed by atoms with Crippen molar-refractivity contribution in [3.05, 3.63) is 70.2 Å². The van der Waals surface area contributed by atoms with E-state index in [1.165, 1.54) is 11.3 Å². The number of nitrogens with one attached hydrogen (secondary N) is 1. The normalized spacial score (nSPS) is 16.0. The molecule has 0 spiro atoms. The lowest BCUT2D eigenvalue weighted by atomic mass is 10.2. The summed E-state index contributed by atoms with van der Waals surface area (Å²) in [6, 6.07) is 15.3. The van der Waals surface area contributed by atoms with E-state index in [-0.39, 0.29) is 12.0 Å². The topological polar surface area (TPSA) is 60.5 Å². The van der Waals surface area contributed by atoms with Crippen LogP contribution in [0.25, 0.3) is 10.6 Å². The number of nitrogens with zero attached hydrogens (tertiary/aromatic N) is 1. The molecule has 0 radical (unpaired) electrons. The third-order valence-electron chi connectivity index (χ3n) is 4.63. The molecular formula is C22H21ClN2O3S. The SMILES string of the molecule is O=C(NC[C@@H]1CCCO1)c1csc(-c2cccc(OCc3cccc(Cl)c3)c2)n1. The first-order valence-electron chi connectivity index (χ1n) is 9.50. The maximum Gasteiger partial charge on any atom is 0.270 e. The summed E-state index contributed by atoms with van der Waals surface area (Å²) >= 11 is 7.45. The van der Waals surface area contributed by atoms with Crippen LogP contribution in [-0.4, -0.2) is 30.1 Å². The number of hydrogen-bond acceptors (Lipinski definition) is 5. The first-order valence-corrected chi connectivity index (χ1v) is 10.8. The van der Waals surface area contributed by atoms with E-state index in [9.17, 15) is 4.79 Å². The molecule has 2 heterocycles. The summed E-state index contributed by atoms with van der Waals surface area (Å²) in [6.45, 7) is 1.73. The van der Waals surface area contributed by atoms with E-state index in [0.717, 1.165) is 41.3 Å². The number of aromatic nitrogens is 1. The summed E-state index contributed by atoms with van der Waals surface area (Å²) in [5.41, 5.74) is 2.34. The standard InChI is InChI=1S/C22H21ClN2O3S/c23-17-6-1-4-15(10-17)13-28-18-7-2-5-16(11-18)22-25-20(14-29-22)21(26)24-12-19-8-3-9-27-19/h1-2,4-7,10-11,14,19H,3,8-9,12-13H2,(H,24,26)/t19-/m0/s1. The van der Waals surface area contributed by atoms with Gasteiger partial charge in [0.05, 0.1) is 6.10 Å². The predicted molar refractivity (Wildman–Crippen MR) is 115 cm³/mol. The number of ether oxygens (including phenoxy) is 2. The van der Waals surface area contributed by atoms with Gasteiger partial charge in [-0.25, -0.2) is 4.98 Å². The lowest BCUT2D eigenvalue weighted by Gasteiger charge is -2.09. The van der Waals surface area contributed by atoms with Crippen LogP contribution in [0.2, 0.25) is 5.02 Å². The second kappa shape index (κ2) is 9.39. The van der Waals surface area contributed by atoms with Crippen LogP contribution in [0.1, 0.15) is 28.9 Å². The number of rotatable bonds is 7. The number of thiazole rings is 1. The molecule has 1 fully saturated rings. The molecule has 1 amide bonds. The number of benzene rings is 2. The van der Waals surface area contributed by atoms with E-state index < -0.39 is 0 Å². The zero-order valence-electron chi connectivity index (χ0n) is 15.8. The van der Waals surface area contributed by atoms with Crippen LogP contribution in [0, 0.1) is 0 Å². The third-order valence-corrected chi connectivity index (χ3v) is 5.75. The second-order valence-electron chi connectivity index (χ2n) is 6.83. The number of amides is 1. The molecule has 1 aliphatic heterocycles. The minimum Gasteiger partial charge on any atom is -0.489 e. The van der Waals surface area contributed by atoms with Crippen molar-refractivity contribution in [2.24, 2.45) is 0 Å². The average Bonchev–Trinajstić information content (AvgIpc) is 3.43. The van der Waals surface area contributed by atoms with E-state index in [1.54, 1.807) is 5.38 Å². The van der Waals surface area contributed by atoms with E-state index in [1.807, 2.05) is 48.5 Å². The minimum atomic E-state index is -0.170. The molecule has 2 aromatic carbocycles. The van der Waals surface area contributed by atoms with Gasteiger partial charge >= 0.3 is 0 Å². The van der Waals surface area contributed by atoms with Gasteiger partial charge in [-0.15, -0.1) is 11.3 Å². The van der Waals surface area contributed by atoms with Crippen molar-refractivity contribution in [2.45, 2.75) is 25.6 Å². The Balaban J connectivity index is 1.38. The van der Waals surface area contributed by atoms with Crippen molar-refractivity contribution < 1.29 is 14.3 Å². The fourth-order valence-electron chi connectivity index (χ4n) is 3.13. The fourth-order valence-corrected chi connectivity index (χ4v) is 4.14. The second-order valence-corrected chi connectivity index (χ2v) is 8.12. The Morgan fingerprint density at radius 1 is 1.28 bits per heavy atom. The molecule has 5 nitrogen and oxygen atoms in total. The highest BCUT2D eigenvalue weighted by Gasteiger charge is 2.18. The van der Waals surface area contributed by atoms with Crippen molar-refractivity contribution >= 4 is 28.8 Å². The Bertz CT molecular complexity index is 985. The molecule has 1 aromatic heterocycles. The zero-order chi connectivity index (χ0) is 20.1. The predicted octanol–water partition coefficient (Wildman–Crippen LogP) is 4.95. The maximum atomic E-state index is 12.3. The molecule has 7 heteroatoms. The van der Waals surface area contributed by atoms with Crippen LogP contribution in [0.4, 0.5) is 0 Å². The summed E-state index contributed by atoms with van der Waals surface area (Å²) in [4.78, 5) is 16.8. The fraction of sp³-hybridized carbons (Fsp3) is 0.273.